The Morgan fingerprint density at radius 1 is 1.45 bits per heavy atom. The maximum atomic E-state index is 12.8. The highest BCUT2D eigenvalue weighted by Crippen LogP contribution is 2.16. The van der Waals surface area contributed by atoms with E-state index >= 15 is 0 Å². The van der Waals surface area contributed by atoms with E-state index in [-0.39, 0.29) is 11.7 Å². The van der Waals surface area contributed by atoms with Crippen LogP contribution in [0.1, 0.15) is 19.1 Å². The van der Waals surface area contributed by atoms with Crippen LogP contribution in [0.5, 0.6) is 5.75 Å². The van der Waals surface area contributed by atoms with Crippen molar-refractivity contribution in [2.75, 3.05) is 5.32 Å². The number of ether oxygens (including phenoxy) is 1. The molecule has 1 aromatic heterocycles. The Morgan fingerprint density at radius 3 is 2.70 bits per heavy atom. The van der Waals surface area contributed by atoms with Crippen molar-refractivity contribution in [2.45, 2.75) is 26.4 Å². The molecule has 2 rings (SSSR count). The number of hydrogen-bond acceptors (Lipinski definition) is 4. The molecule has 0 unspecified atom stereocenters. The van der Waals surface area contributed by atoms with Gasteiger partial charge in [-0.1, -0.05) is 12.1 Å². The summed E-state index contributed by atoms with van der Waals surface area (Å²) >= 11 is 0. The molecule has 0 fully saturated rings. The standard InChI is InChI=1S/C14H15FN2O3/c1-3-12(19-11-6-4-10(15)5-7-11)14(18)16-13-8-9(2)20-17-13/h4-8,12H,3H2,1-2H3,(H,16,17,18)/t12-/m0/s1. The van der Waals surface area contributed by atoms with Crippen molar-refractivity contribution in [1.29, 1.82) is 0 Å². The summed E-state index contributed by atoms with van der Waals surface area (Å²) in [4.78, 5) is 12.0. The van der Waals surface area contributed by atoms with Crippen molar-refractivity contribution in [1.82, 2.24) is 5.16 Å². The first-order valence-corrected chi connectivity index (χ1v) is 6.25. The van der Waals surface area contributed by atoms with Gasteiger partial charge in [0.05, 0.1) is 0 Å². The number of aromatic nitrogens is 1. The zero-order valence-corrected chi connectivity index (χ0v) is 11.2. The molecule has 1 aromatic carbocycles. The molecule has 0 aliphatic heterocycles. The predicted molar refractivity (Wildman–Crippen MR) is 71.0 cm³/mol. The smallest absolute Gasteiger partial charge is 0.266 e. The zero-order chi connectivity index (χ0) is 14.5. The number of anilines is 1. The summed E-state index contributed by atoms with van der Waals surface area (Å²) in [6.07, 6.45) is -0.211. The Balaban J connectivity index is 2.00. The monoisotopic (exact) mass is 278 g/mol. The summed E-state index contributed by atoms with van der Waals surface area (Å²) in [5.74, 6) is 0.698. The average molecular weight is 278 g/mol. The molecule has 5 nitrogen and oxygen atoms in total. The number of aryl methyl sites for hydroxylation is 1. The van der Waals surface area contributed by atoms with Crippen LogP contribution in [-0.4, -0.2) is 17.2 Å². The fourth-order valence-electron chi connectivity index (χ4n) is 1.63. The summed E-state index contributed by atoms with van der Waals surface area (Å²) in [5.41, 5.74) is 0. The number of nitrogens with one attached hydrogen (secondary N) is 1. The molecule has 1 amide bonds. The maximum Gasteiger partial charge on any atom is 0.266 e. The van der Waals surface area contributed by atoms with Crippen LogP contribution >= 0.6 is 0 Å². The molecule has 0 saturated carbocycles. The van der Waals surface area contributed by atoms with Gasteiger partial charge in [-0.3, -0.25) is 4.79 Å². The molecule has 1 N–H and O–H groups in total. The van der Waals surface area contributed by atoms with E-state index in [0.717, 1.165) is 0 Å². The van der Waals surface area contributed by atoms with E-state index in [1.807, 2.05) is 6.92 Å². The third-order valence-corrected chi connectivity index (χ3v) is 2.63. The van der Waals surface area contributed by atoms with E-state index in [0.29, 0.717) is 23.7 Å². The number of hydrogen-bond donors (Lipinski definition) is 1. The fourth-order valence-corrected chi connectivity index (χ4v) is 1.63. The average Bonchev–Trinajstić information content (AvgIpc) is 2.83. The summed E-state index contributed by atoms with van der Waals surface area (Å²) in [7, 11) is 0. The SMILES string of the molecule is CC[C@H](Oc1ccc(F)cc1)C(=O)Nc1cc(C)on1. The molecule has 0 saturated heterocycles. The maximum absolute atomic E-state index is 12.8. The second-order valence-electron chi connectivity index (χ2n) is 4.28. The van der Waals surface area contributed by atoms with Crippen molar-refractivity contribution in [3.8, 4) is 5.75 Å². The Hall–Kier alpha value is -2.37. The third kappa shape index (κ3) is 3.57. The highest BCUT2D eigenvalue weighted by atomic mass is 19.1. The van der Waals surface area contributed by atoms with E-state index in [1.54, 1.807) is 13.0 Å². The van der Waals surface area contributed by atoms with Crippen LogP contribution in [0, 0.1) is 12.7 Å². The van der Waals surface area contributed by atoms with Gasteiger partial charge in [0, 0.05) is 6.07 Å². The van der Waals surface area contributed by atoms with Gasteiger partial charge in [0.1, 0.15) is 17.3 Å². The normalized spacial score (nSPS) is 11.9. The molecular formula is C14H15FN2O3. The lowest BCUT2D eigenvalue weighted by Gasteiger charge is -2.16. The first-order chi connectivity index (χ1) is 9.58. The van der Waals surface area contributed by atoms with E-state index < -0.39 is 6.10 Å². The molecule has 6 heteroatoms. The van der Waals surface area contributed by atoms with Crippen molar-refractivity contribution in [2.24, 2.45) is 0 Å². The minimum atomic E-state index is -0.683. The van der Waals surface area contributed by atoms with Crippen molar-refractivity contribution in [3.05, 3.63) is 41.9 Å². The zero-order valence-electron chi connectivity index (χ0n) is 11.2. The Bertz CT molecular complexity index is 580. The van der Waals surface area contributed by atoms with E-state index in [2.05, 4.69) is 10.5 Å². The quantitative estimate of drug-likeness (QED) is 0.913. The number of halogens is 1. The van der Waals surface area contributed by atoms with E-state index in [9.17, 15) is 9.18 Å². The molecule has 106 valence electrons. The third-order valence-electron chi connectivity index (χ3n) is 2.63. The lowest BCUT2D eigenvalue weighted by molar-refractivity contribution is -0.122. The predicted octanol–water partition coefficient (Wildman–Crippen LogP) is 2.92. The van der Waals surface area contributed by atoms with Gasteiger partial charge in [-0.2, -0.15) is 0 Å². The second-order valence-corrected chi connectivity index (χ2v) is 4.28. The van der Waals surface area contributed by atoms with Gasteiger partial charge in [-0.05, 0) is 37.6 Å². The summed E-state index contributed by atoms with van der Waals surface area (Å²) in [5, 5.41) is 6.28. The van der Waals surface area contributed by atoms with Crippen molar-refractivity contribution in [3.63, 3.8) is 0 Å². The van der Waals surface area contributed by atoms with E-state index in [4.69, 9.17) is 9.26 Å². The number of carbonyl (C=O) groups excluding carboxylic acids is 1. The number of benzene rings is 1. The van der Waals surface area contributed by atoms with Crippen LogP contribution in [0.15, 0.2) is 34.9 Å². The van der Waals surface area contributed by atoms with E-state index in [1.165, 1.54) is 24.3 Å². The van der Waals surface area contributed by atoms with Crippen LogP contribution in [0.4, 0.5) is 10.2 Å². The number of nitrogens with zero attached hydrogens (tertiary/aromatic N) is 1. The molecule has 1 heterocycles. The topological polar surface area (TPSA) is 64.4 Å². The Labute approximate surface area is 115 Å². The minimum Gasteiger partial charge on any atom is -0.481 e. The molecule has 0 radical (unpaired) electrons. The highest BCUT2D eigenvalue weighted by molar-refractivity contribution is 5.93. The molecule has 20 heavy (non-hydrogen) atoms. The van der Waals surface area contributed by atoms with Crippen LogP contribution < -0.4 is 10.1 Å². The summed E-state index contributed by atoms with van der Waals surface area (Å²) in [6.45, 7) is 3.55. The largest absolute Gasteiger partial charge is 0.481 e. The fraction of sp³-hybridized carbons (Fsp3) is 0.286. The molecule has 2 aromatic rings. The number of amides is 1. The van der Waals surface area contributed by atoms with Gasteiger partial charge in [0.15, 0.2) is 11.9 Å². The minimum absolute atomic E-state index is 0.329. The van der Waals surface area contributed by atoms with Crippen molar-refractivity contribution >= 4 is 11.7 Å². The Morgan fingerprint density at radius 2 is 2.15 bits per heavy atom. The Kier molecular flexibility index (Phi) is 4.34. The highest BCUT2D eigenvalue weighted by Gasteiger charge is 2.19. The molecule has 0 aliphatic rings. The van der Waals surface area contributed by atoms with Crippen LogP contribution in [-0.2, 0) is 4.79 Å². The molecular weight excluding hydrogens is 263 g/mol. The van der Waals surface area contributed by atoms with Crippen LogP contribution in [0.2, 0.25) is 0 Å². The first-order valence-electron chi connectivity index (χ1n) is 6.25. The molecule has 0 aliphatic carbocycles. The lowest BCUT2D eigenvalue weighted by Crippen LogP contribution is -2.32. The van der Waals surface area contributed by atoms with Gasteiger partial charge < -0.3 is 14.6 Å². The lowest BCUT2D eigenvalue weighted by atomic mass is 10.2. The summed E-state index contributed by atoms with van der Waals surface area (Å²) < 4.78 is 23.2. The van der Waals surface area contributed by atoms with Crippen LogP contribution in [0.3, 0.4) is 0 Å². The second kappa shape index (κ2) is 6.18. The van der Waals surface area contributed by atoms with Gasteiger partial charge in [-0.15, -0.1) is 0 Å². The number of carbonyl (C=O) groups is 1. The number of rotatable bonds is 5. The summed E-state index contributed by atoms with van der Waals surface area (Å²) in [6, 6.07) is 7.13. The van der Waals surface area contributed by atoms with Crippen molar-refractivity contribution < 1.29 is 18.4 Å². The van der Waals surface area contributed by atoms with Gasteiger partial charge in [0.25, 0.3) is 5.91 Å². The van der Waals surface area contributed by atoms with Gasteiger partial charge in [-0.25, -0.2) is 4.39 Å². The van der Waals surface area contributed by atoms with Gasteiger partial charge >= 0.3 is 0 Å². The molecule has 0 bridgehead atoms. The van der Waals surface area contributed by atoms with Crippen LogP contribution in [0.25, 0.3) is 0 Å². The first kappa shape index (κ1) is 14.0. The molecule has 0 spiro atoms. The molecule has 1 atom stereocenters. The van der Waals surface area contributed by atoms with Gasteiger partial charge in [0.2, 0.25) is 0 Å².